The van der Waals surface area contributed by atoms with Gasteiger partial charge in [-0.05, 0) is 31.0 Å². The Labute approximate surface area is 106 Å². The van der Waals surface area contributed by atoms with Gasteiger partial charge in [-0.2, -0.15) is 0 Å². The van der Waals surface area contributed by atoms with Gasteiger partial charge >= 0.3 is 0 Å². The fraction of sp³-hybridized carbons (Fsp3) is 0.125. The number of benzene rings is 2. The first-order valence-electron chi connectivity index (χ1n) is 5.97. The molecule has 2 aromatic carbocycles. The standard InChI is InChI=1S/C16H13O2/c1-2-11-7-8-15-14(9-11)16(17)13-6-4-3-5-12(13)10-18-15/h3-9H,1-2,10H2. The average molecular weight is 237 g/mol. The van der Waals surface area contributed by atoms with Crippen molar-refractivity contribution in [2.75, 3.05) is 0 Å². The average Bonchev–Trinajstić information content (AvgIpc) is 2.57. The minimum Gasteiger partial charge on any atom is -0.488 e. The third kappa shape index (κ3) is 1.70. The Morgan fingerprint density at radius 2 is 1.94 bits per heavy atom. The van der Waals surface area contributed by atoms with Crippen molar-refractivity contribution in [2.24, 2.45) is 0 Å². The number of ketones is 1. The smallest absolute Gasteiger partial charge is 0.197 e. The summed E-state index contributed by atoms with van der Waals surface area (Å²) in [5.41, 5.74) is 3.36. The Hall–Kier alpha value is -2.09. The van der Waals surface area contributed by atoms with Crippen LogP contribution in [0.3, 0.4) is 0 Å². The Morgan fingerprint density at radius 1 is 1.11 bits per heavy atom. The van der Waals surface area contributed by atoms with E-state index >= 15 is 0 Å². The predicted molar refractivity (Wildman–Crippen MR) is 69.7 cm³/mol. The van der Waals surface area contributed by atoms with Crippen molar-refractivity contribution < 1.29 is 9.53 Å². The van der Waals surface area contributed by atoms with Gasteiger partial charge in [-0.3, -0.25) is 4.79 Å². The molecule has 0 N–H and O–H groups in total. The van der Waals surface area contributed by atoms with Crippen molar-refractivity contribution in [3.05, 3.63) is 71.6 Å². The quantitative estimate of drug-likeness (QED) is 0.761. The topological polar surface area (TPSA) is 26.3 Å². The molecule has 1 aliphatic rings. The second-order valence-corrected chi connectivity index (χ2v) is 4.36. The molecule has 89 valence electrons. The molecule has 1 aliphatic heterocycles. The Balaban J connectivity index is 2.17. The lowest BCUT2D eigenvalue weighted by Crippen LogP contribution is -2.03. The van der Waals surface area contributed by atoms with Crippen LogP contribution < -0.4 is 4.74 Å². The molecule has 0 atom stereocenters. The SMILES string of the molecule is [CH2]Cc1ccc2c(c1)C(=O)c1ccccc1CO2. The van der Waals surface area contributed by atoms with Gasteiger partial charge in [0.15, 0.2) is 5.78 Å². The van der Waals surface area contributed by atoms with Gasteiger partial charge in [0.2, 0.25) is 0 Å². The number of carbonyl (C=O) groups excluding carboxylic acids is 1. The first kappa shape index (κ1) is 11.0. The highest BCUT2D eigenvalue weighted by Gasteiger charge is 2.21. The second-order valence-electron chi connectivity index (χ2n) is 4.36. The predicted octanol–water partition coefficient (Wildman–Crippen LogP) is 3.19. The zero-order valence-corrected chi connectivity index (χ0v) is 9.98. The molecule has 0 saturated heterocycles. The maximum atomic E-state index is 12.5. The summed E-state index contributed by atoms with van der Waals surface area (Å²) in [4.78, 5) is 12.5. The highest BCUT2D eigenvalue weighted by molar-refractivity contribution is 6.12. The molecule has 0 amide bonds. The van der Waals surface area contributed by atoms with Gasteiger partial charge < -0.3 is 4.74 Å². The summed E-state index contributed by atoms with van der Waals surface area (Å²) in [6, 6.07) is 13.3. The van der Waals surface area contributed by atoms with Gasteiger partial charge in [-0.25, -0.2) is 0 Å². The molecule has 0 saturated carbocycles. The van der Waals surface area contributed by atoms with E-state index in [1.54, 1.807) is 0 Å². The van der Waals surface area contributed by atoms with Crippen LogP contribution in [-0.4, -0.2) is 5.78 Å². The van der Waals surface area contributed by atoms with E-state index in [4.69, 9.17) is 4.74 Å². The molecule has 0 bridgehead atoms. The van der Waals surface area contributed by atoms with E-state index in [-0.39, 0.29) is 5.78 Å². The van der Waals surface area contributed by atoms with E-state index in [0.717, 1.165) is 16.7 Å². The molecule has 0 unspecified atom stereocenters. The van der Waals surface area contributed by atoms with Gasteiger partial charge in [0.25, 0.3) is 0 Å². The molecule has 1 heterocycles. The van der Waals surface area contributed by atoms with E-state index in [0.29, 0.717) is 24.3 Å². The van der Waals surface area contributed by atoms with Crippen molar-refractivity contribution >= 4 is 5.78 Å². The lowest BCUT2D eigenvalue weighted by atomic mass is 9.97. The normalized spacial score (nSPS) is 13.3. The van der Waals surface area contributed by atoms with E-state index < -0.39 is 0 Å². The number of rotatable bonds is 1. The summed E-state index contributed by atoms with van der Waals surface area (Å²) in [5.74, 6) is 0.696. The number of fused-ring (bicyclic) bond motifs is 2. The lowest BCUT2D eigenvalue weighted by Gasteiger charge is -2.07. The fourth-order valence-corrected chi connectivity index (χ4v) is 2.20. The van der Waals surface area contributed by atoms with Crippen LogP contribution >= 0.6 is 0 Å². The number of hydrogen-bond donors (Lipinski definition) is 0. The van der Waals surface area contributed by atoms with Crippen LogP contribution in [0, 0.1) is 6.92 Å². The molecular weight excluding hydrogens is 224 g/mol. The summed E-state index contributed by atoms with van der Waals surface area (Å²) in [5, 5.41) is 0. The monoisotopic (exact) mass is 237 g/mol. The van der Waals surface area contributed by atoms with E-state index in [2.05, 4.69) is 6.92 Å². The third-order valence-corrected chi connectivity index (χ3v) is 3.22. The largest absolute Gasteiger partial charge is 0.488 e. The van der Waals surface area contributed by atoms with Crippen LogP contribution in [0.5, 0.6) is 5.75 Å². The summed E-state index contributed by atoms with van der Waals surface area (Å²) in [7, 11) is 0. The highest BCUT2D eigenvalue weighted by atomic mass is 16.5. The minimum absolute atomic E-state index is 0.0356. The van der Waals surface area contributed by atoms with Crippen LogP contribution in [0.2, 0.25) is 0 Å². The number of carbonyl (C=O) groups is 1. The fourth-order valence-electron chi connectivity index (χ4n) is 2.20. The van der Waals surface area contributed by atoms with Gasteiger partial charge in [-0.15, -0.1) is 0 Å². The van der Waals surface area contributed by atoms with Crippen LogP contribution in [0.15, 0.2) is 42.5 Å². The van der Waals surface area contributed by atoms with Crippen LogP contribution in [0.4, 0.5) is 0 Å². The molecule has 2 heteroatoms. The first-order chi connectivity index (χ1) is 8.79. The zero-order chi connectivity index (χ0) is 12.5. The third-order valence-electron chi connectivity index (χ3n) is 3.22. The number of ether oxygens (including phenoxy) is 1. The molecule has 0 aromatic heterocycles. The van der Waals surface area contributed by atoms with Crippen LogP contribution in [0.1, 0.15) is 27.0 Å². The molecule has 0 spiro atoms. The highest BCUT2D eigenvalue weighted by Crippen LogP contribution is 2.29. The Bertz CT molecular complexity index is 614. The Kier molecular flexibility index (Phi) is 2.63. The van der Waals surface area contributed by atoms with E-state index in [9.17, 15) is 4.79 Å². The molecule has 2 aromatic rings. The first-order valence-corrected chi connectivity index (χ1v) is 5.97. The second kappa shape index (κ2) is 4.30. The molecule has 2 nitrogen and oxygen atoms in total. The van der Waals surface area contributed by atoms with Crippen LogP contribution in [0.25, 0.3) is 0 Å². The lowest BCUT2D eigenvalue weighted by molar-refractivity contribution is 0.103. The van der Waals surface area contributed by atoms with Gasteiger partial charge in [0.05, 0.1) is 5.56 Å². The maximum Gasteiger partial charge on any atom is 0.197 e. The molecule has 0 aliphatic carbocycles. The molecule has 18 heavy (non-hydrogen) atoms. The zero-order valence-electron chi connectivity index (χ0n) is 9.98. The van der Waals surface area contributed by atoms with Gasteiger partial charge in [-0.1, -0.05) is 30.3 Å². The minimum atomic E-state index is 0.0356. The van der Waals surface area contributed by atoms with Crippen molar-refractivity contribution in [3.8, 4) is 5.75 Å². The van der Waals surface area contributed by atoms with E-state index in [1.807, 2.05) is 42.5 Å². The summed E-state index contributed by atoms with van der Waals surface area (Å²) >= 11 is 0. The summed E-state index contributed by atoms with van der Waals surface area (Å²) in [6.07, 6.45) is 0.669. The molecule has 0 fully saturated rings. The van der Waals surface area contributed by atoms with Crippen molar-refractivity contribution in [1.82, 2.24) is 0 Å². The molecule has 1 radical (unpaired) electrons. The summed E-state index contributed by atoms with van der Waals surface area (Å²) < 4.78 is 5.70. The van der Waals surface area contributed by atoms with Crippen LogP contribution in [-0.2, 0) is 13.0 Å². The number of hydrogen-bond acceptors (Lipinski definition) is 2. The molecular formula is C16H13O2. The Morgan fingerprint density at radius 3 is 2.78 bits per heavy atom. The van der Waals surface area contributed by atoms with Crippen molar-refractivity contribution in [1.29, 1.82) is 0 Å². The summed E-state index contributed by atoms with van der Waals surface area (Å²) in [6.45, 7) is 4.29. The van der Waals surface area contributed by atoms with E-state index in [1.165, 1.54) is 0 Å². The van der Waals surface area contributed by atoms with Crippen molar-refractivity contribution in [2.45, 2.75) is 13.0 Å². The molecule has 3 rings (SSSR count). The van der Waals surface area contributed by atoms with Gasteiger partial charge in [0.1, 0.15) is 12.4 Å². The van der Waals surface area contributed by atoms with Gasteiger partial charge in [0, 0.05) is 11.1 Å². The van der Waals surface area contributed by atoms with Crippen molar-refractivity contribution in [3.63, 3.8) is 0 Å². The maximum absolute atomic E-state index is 12.5.